The molecule has 1 saturated heterocycles. The van der Waals surface area contributed by atoms with Crippen molar-refractivity contribution in [2.45, 2.75) is 19.4 Å². The molecule has 0 unspecified atom stereocenters. The van der Waals surface area contributed by atoms with Crippen LogP contribution in [0.4, 0.5) is 0 Å². The van der Waals surface area contributed by atoms with Gasteiger partial charge in [-0.05, 0) is 20.5 Å². The van der Waals surface area contributed by atoms with Crippen molar-refractivity contribution in [3.63, 3.8) is 0 Å². The van der Waals surface area contributed by atoms with E-state index in [1.165, 1.54) is 0 Å². The van der Waals surface area contributed by atoms with Gasteiger partial charge in [-0.25, -0.2) is 0 Å². The number of carboxylic acids is 2. The maximum atomic E-state index is 10.9. The highest BCUT2D eigenvalue weighted by Crippen LogP contribution is 2.20. The SMILES string of the molecule is CCN(C)C1(C)CN(CC(=O)O)CCN(CC(=O)O)C1. The Morgan fingerprint density at radius 1 is 1.10 bits per heavy atom. The summed E-state index contributed by atoms with van der Waals surface area (Å²) >= 11 is 0. The molecule has 0 aromatic carbocycles. The van der Waals surface area contributed by atoms with E-state index in [-0.39, 0.29) is 18.6 Å². The molecule has 2 N–H and O–H groups in total. The van der Waals surface area contributed by atoms with Gasteiger partial charge in [0.15, 0.2) is 0 Å². The van der Waals surface area contributed by atoms with Gasteiger partial charge in [0.1, 0.15) is 0 Å². The van der Waals surface area contributed by atoms with E-state index in [0.717, 1.165) is 6.54 Å². The lowest BCUT2D eigenvalue weighted by atomic mass is 9.99. The quantitative estimate of drug-likeness (QED) is 0.680. The minimum Gasteiger partial charge on any atom is -0.480 e. The van der Waals surface area contributed by atoms with Crippen molar-refractivity contribution < 1.29 is 19.8 Å². The van der Waals surface area contributed by atoms with E-state index >= 15 is 0 Å². The Bertz CT molecular complexity index is 336. The van der Waals surface area contributed by atoms with Crippen molar-refractivity contribution in [1.82, 2.24) is 14.7 Å². The van der Waals surface area contributed by atoms with Crippen LogP contribution in [0.5, 0.6) is 0 Å². The molecule has 0 bridgehead atoms. The molecule has 0 aromatic heterocycles. The monoisotopic (exact) mass is 287 g/mol. The fourth-order valence-corrected chi connectivity index (χ4v) is 2.73. The van der Waals surface area contributed by atoms with E-state index in [2.05, 4.69) is 11.8 Å². The maximum Gasteiger partial charge on any atom is 0.317 e. The molecule has 116 valence electrons. The maximum absolute atomic E-state index is 10.9. The Kier molecular flexibility index (Phi) is 5.91. The fraction of sp³-hybridized carbons (Fsp3) is 0.846. The van der Waals surface area contributed by atoms with Crippen LogP contribution in [-0.4, -0.2) is 95.3 Å². The van der Waals surface area contributed by atoms with Gasteiger partial charge in [-0.15, -0.1) is 0 Å². The van der Waals surface area contributed by atoms with Crippen molar-refractivity contribution in [2.75, 3.05) is 52.9 Å². The predicted octanol–water partition coefficient (Wildman–Crippen LogP) is -0.516. The number of carboxylic acid groups (broad SMARTS) is 2. The first-order valence-electron chi connectivity index (χ1n) is 6.86. The predicted molar refractivity (Wildman–Crippen MR) is 74.9 cm³/mol. The van der Waals surface area contributed by atoms with Crippen molar-refractivity contribution >= 4 is 11.9 Å². The second kappa shape index (κ2) is 7.01. The molecule has 1 fully saturated rings. The van der Waals surface area contributed by atoms with Gasteiger partial charge in [0.05, 0.1) is 13.1 Å². The van der Waals surface area contributed by atoms with Gasteiger partial charge < -0.3 is 10.2 Å². The van der Waals surface area contributed by atoms with E-state index in [9.17, 15) is 9.59 Å². The molecule has 20 heavy (non-hydrogen) atoms. The van der Waals surface area contributed by atoms with Crippen molar-refractivity contribution in [3.8, 4) is 0 Å². The molecule has 0 aliphatic carbocycles. The first-order chi connectivity index (χ1) is 9.26. The Labute approximate surface area is 119 Å². The van der Waals surface area contributed by atoms with E-state index < -0.39 is 11.9 Å². The average molecular weight is 287 g/mol. The highest BCUT2D eigenvalue weighted by Gasteiger charge is 2.36. The lowest BCUT2D eigenvalue weighted by molar-refractivity contribution is -0.139. The zero-order chi connectivity index (χ0) is 15.3. The van der Waals surface area contributed by atoms with Crippen LogP contribution in [0.15, 0.2) is 0 Å². The molecule has 0 spiro atoms. The number of hydrogen-bond acceptors (Lipinski definition) is 5. The lowest BCUT2D eigenvalue weighted by Gasteiger charge is -2.41. The minimum absolute atomic E-state index is 0.00590. The van der Waals surface area contributed by atoms with E-state index in [4.69, 9.17) is 10.2 Å². The second-order valence-corrected chi connectivity index (χ2v) is 5.72. The van der Waals surface area contributed by atoms with Crippen LogP contribution in [-0.2, 0) is 9.59 Å². The summed E-state index contributed by atoms with van der Waals surface area (Å²) in [6.07, 6.45) is 0. The third-order valence-corrected chi connectivity index (χ3v) is 3.97. The second-order valence-electron chi connectivity index (χ2n) is 5.72. The Morgan fingerprint density at radius 3 is 1.80 bits per heavy atom. The van der Waals surface area contributed by atoms with Gasteiger partial charge in [0.25, 0.3) is 0 Å². The van der Waals surface area contributed by atoms with E-state index in [1.54, 1.807) is 0 Å². The van der Waals surface area contributed by atoms with Gasteiger partial charge in [-0.1, -0.05) is 6.92 Å². The third-order valence-electron chi connectivity index (χ3n) is 3.97. The smallest absolute Gasteiger partial charge is 0.317 e. The van der Waals surface area contributed by atoms with Crippen LogP contribution in [0.3, 0.4) is 0 Å². The number of rotatable bonds is 6. The summed E-state index contributed by atoms with van der Waals surface area (Å²) in [6, 6.07) is 0. The first kappa shape index (κ1) is 16.9. The average Bonchev–Trinajstić information content (AvgIpc) is 2.47. The molecule has 0 saturated carbocycles. The van der Waals surface area contributed by atoms with Crippen molar-refractivity contribution in [2.24, 2.45) is 0 Å². The molecular weight excluding hydrogens is 262 g/mol. The van der Waals surface area contributed by atoms with Crippen LogP contribution in [0.2, 0.25) is 0 Å². The van der Waals surface area contributed by atoms with Gasteiger partial charge in [-0.3, -0.25) is 24.3 Å². The fourth-order valence-electron chi connectivity index (χ4n) is 2.73. The van der Waals surface area contributed by atoms with Crippen LogP contribution in [0, 0.1) is 0 Å². The van der Waals surface area contributed by atoms with Crippen LogP contribution >= 0.6 is 0 Å². The highest BCUT2D eigenvalue weighted by molar-refractivity contribution is 5.69. The summed E-state index contributed by atoms with van der Waals surface area (Å²) in [5.74, 6) is -1.70. The van der Waals surface area contributed by atoms with Crippen LogP contribution in [0.25, 0.3) is 0 Å². The van der Waals surface area contributed by atoms with Crippen molar-refractivity contribution in [3.05, 3.63) is 0 Å². The number of hydrogen-bond donors (Lipinski definition) is 2. The van der Waals surface area contributed by atoms with Crippen LogP contribution in [0.1, 0.15) is 13.8 Å². The molecule has 1 aliphatic heterocycles. The van der Waals surface area contributed by atoms with E-state index in [0.29, 0.717) is 26.2 Å². The van der Waals surface area contributed by atoms with Gasteiger partial charge in [0.2, 0.25) is 0 Å². The zero-order valence-electron chi connectivity index (χ0n) is 12.5. The van der Waals surface area contributed by atoms with Crippen LogP contribution < -0.4 is 0 Å². The van der Waals surface area contributed by atoms with Gasteiger partial charge in [-0.2, -0.15) is 0 Å². The summed E-state index contributed by atoms with van der Waals surface area (Å²) < 4.78 is 0. The number of likely N-dealkylation sites (N-methyl/N-ethyl adjacent to an activating group) is 1. The van der Waals surface area contributed by atoms with Gasteiger partial charge in [0, 0.05) is 31.7 Å². The minimum atomic E-state index is -0.849. The molecular formula is C13H25N3O4. The molecule has 1 heterocycles. The first-order valence-corrected chi connectivity index (χ1v) is 6.86. The van der Waals surface area contributed by atoms with E-state index in [1.807, 2.05) is 23.8 Å². The lowest BCUT2D eigenvalue weighted by Crippen LogP contribution is -2.56. The normalized spacial score (nSPS) is 20.8. The molecule has 1 rings (SSSR count). The summed E-state index contributed by atoms with van der Waals surface area (Å²) in [5.41, 5.74) is -0.254. The summed E-state index contributed by atoms with van der Waals surface area (Å²) in [7, 11) is 1.99. The Morgan fingerprint density at radius 2 is 1.50 bits per heavy atom. The molecule has 0 radical (unpaired) electrons. The molecule has 0 atom stereocenters. The summed E-state index contributed by atoms with van der Waals surface area (Å²) in [5, 5.41) is 17.9. The standard InChI is InChI=1S/C13H25N3O4/c1-4-14(3)13(2)9-15(7-11(17)18)5-6-16(10-13)8-12(19)20/h4-10H2,1-3H3,(H,17,18)(H,19,20). The molecule has 7 heteroatoms. The zero-order valence-corrected chi connectivity index (χ0v) is 12.5. The van der Waals surface area contributed by atoms with Crippen molar-refractivity contribution in [1.29, 1.82) is 0 Å². The highest BCUT2D eigenvalue weighted by atomic mass is 16.4. The Hall–Kier alpha value is -1.18. The summed E-state index contributed by atoms with van der Waals surface area (Å²) in [6.45, 7) is 7.32. The molecule has 1 aliphatic rings. The number of carbonyl (C=O) groups is 2. The molecule has 7 nitrogen and oxygen atoms in total. The number of aliphatic carboxylic acids is 2. The third kappa shape index (κ3) is 4.73. The summed E-state index contributed by atoms with van der Waals surface area (Å²) in [4.78, 5) is 27.8. The molecule has 0 aromatic rings. The largest absolute Gasteiger partial charge is 0.480 e. The molecule has 0 amide bonds. The Balaban J connectivity index is 2.86. The van der Waals surface area contributed by atoms with Gasteiger partial charge >= 0.3 is 11.9 Å². The number of nitrogens with zero attached hydrogens (tertiary/aromatic N) is 3. The topological polar surface area (TPSA) is 84.3 Å².